The van der Waals surface area contributed by atoms with E-state index in [9.17, 15) is 13.2 Å². The summed E-state index contributed by atoms with van der Waals surface area (Å²) < 4.78 is 34.3. The van der Waals surface area contributed by atoms with Gasteiger partial charge < -0.3 is 4.74 Å². The number of fused-ring (bicyclic) bond motifs is 1. The SMILES string of the molecule is COc1ccc(S(=O)(=O)N2CCCC(C(=O)N(Cc3cccnc3)c3nc4c(C)cccc4s3)C2)cc1. The molecule has 1 amide bonds. The molecule has 0 bridgehead atoms. The first kappa shape index (κ1) is 25.3. The summed E-state index contributed by atoms with van der Waals surface area (Å²) in [6.45, 7) is 2.82. The highest BCUT2D eigenvalue weighted by Crippen LogP contribution is 2.34. The lowest BCUT2D eigenvalue weighted by Gasteiger charge is -2.33. The standard InChI is InChI=1S/C27H28N4O4S2/c1-19-6-3-9-24-25(19)29-27(36-24)31(17-20-7-4-14-28-16-20)26(32)21-8-5-15-30(18-21)37(33,34)23-12-10-22(35-2)11-13-23/h3-4,6-7,9-14,16,21H,5,8,15,17-18H2,1-2H3. The number of piperidine rings is 1. The Morgan fingerprint density at radius 2 is 1.97 bits per heavy atom. The van der Waals surface area contributed by atoms with Crippen molar-refractivity contribution in [3.63, 3.8) is 0 Å². The molecule has 0 spiro atoms. The Labute approximate surface area is 220 Å². The molecule has 2 aromatic carbocycles. The fourth-order valence-electron chi connectivity index (χ4n) is 4.58. The largest absolute Gasteiger partial charge is 0.497 e. The third kappa shape index (κ3) is 5.22. The van der Waals surface area contributed by atoms with Crippen LogP contribution in [0.4, 0.5) is 5.13 Å². The summed E-state index contributed by atoms with van der Waals surface area (Å²) in [7, 11) is -2.21. The molecule has 1 aliphatic heterocycles. The number of thiazole rings is 1. The van der Waals surface area contributed by atoms with E-state index >= 15 is 0 Å². The zero-order valence-corrected chi connectivity index (χ0v) is 22.3. The van der Waals surface area contributed by atoms with Crippen LogP contribution in [0.3, 0.4) is 0 Å². The van der Waals surface area contributed by atoms with Gasteiger partial charge in [-0.1, -0.05) is 29.5 Å². The first-order valence-corrected chi connectivity index (χ1v) is 14.3. The second-order valence-corrected chi connectivity index (χ2v) is 12.0. The van der Waals surface area contributed by atoms with Crippen LogP contribution in [0.15, 0.2) is 71.9 Å². The lowest BCUT2D eigenvalue weighted by Crippen LogP contribution is -2.46. The highest BCUT2D eigenvalue weighted by Gasteiger charge is 2.36. The van der Waals surface area contributed by atoms with E-state index in [1.165, 1.54) is 34.9 Å². The van der Waals surface area contributed by atoms with E-state index in [1.54, 1.807) is 29.4 Å². The maximum atomic E-state index is 14.0. The summed E-state index contributed by atoms with van der Waals surface area (Å²) >= 11 is 1.47. The first-order chi connectivity index (χ1) is 17.9. The second kappa shape index (κ2) is 10.6. The van der Waals surface area contributed by atoms with Crippen LogP contribution in [0.25, 0.3) is 10.2 Å². The van der Waals surface area contributed by atoms with Crippen molar-refractivity contribution in [2.24, 2.45) is 5.92 Å². The number of carbonyl (C=O) groups is 1. The molecule has 2 aromatic heterocycles. The van der Waals surface area contributed by atoms with Gasteiger partial charge in [0.2, 0.25) is 15.9 Å². The molecule has 1 fully saturated rings. The lowest BCUT2D eigenvalue weighted by molar-refractivity contribution is -0.123. The van der Waals surface area contributed by atoms with Crippen molar-refractivity contribution in [1.82, 2.24) is 14.3 Å². The fourth-order valence-corrected chi connectivity index (χ4v) is 7.16. The number of ether oxygens (including phenoxy) is 1. The highest BCUT2D eigenvalue weighted by molar-refractivity contribution is 7.89. The number of pyridine rings is 1. The van der Waals surface area contributed by atoms with Crippen LogP contribution < -0.4 is 9.64 Å². The summed E-state index contributed by atoms with van der Waals surface area (Å²) in [5.74, 6) is -0.0236. The Balaban J connectivity index is 1.44. The number of methoxy groups -OCH3 is 1. The predicted molar refractivity (Wildman–Crippen MR) is 144 cm³/mol. The van der Waals surface area contributed by atoms with Crippen molar-refractivity contribution in [2.75, 3.05) is 25.1 Å². The van der Waals surface area contributed by atoms with Crippen LogP contribution in [0, 0.1) is 12.8 Å². The number of para-hydroxylation sites is 1. The first-order valence-electron chi connectivity index (χ1n) is 12.1. The summed E-state index contributed by atoms with van der Waals surface area (Å²) in [6, 6.07) is 16.1. The van der Waals surface area contributed by atoms with Crippen molar-refractivity contribution >= 4 is 42.6 Å². The quantitative estimate of drug-likeness (QED) is 0.342. The molecule has 8 nitrogen and oxygen atoms in total. The molecule has 1 unspecified atom stereocenters. The van der Waals surface area contributed by atoms with Gasteiger partial charge in [0.25, 0.3) is 0 Å². The number of nitrogens with zero attached hydrogens (tertiary/aromatic N) is 4. The topological polar surface area (TPSA) is 92.7 Å². The number of rotatable bonds is 7. The third-order valence-electron chi connectivity index (χ3n) is 6.60. The number of hydrogen-bond acceptors (Lipinski definition) is 7. The molecule has 0 radical (unpaired) electrons. The van der Waals surface area contributed by atoms with Crippen LogP contribution in [-0.2, 0) is 21.4 Å². The van der Waals surface area contributed by atoms with Gasteiger partial charge in [0.1, 0.15) is 5.75 Å². The van der Waals surface area contributed by atoms with Gasteiger partial charge in [-0.3, -0.25) is 14.7 Å². The van der Waals surface area contributed by atoms with Crippen molar-refractivity contribution < 1.29 is 17.9 Å². The molecule has 37 heavy (non-hydrogen) atoms. The van der Waals surface area contributed by atoms with Gasteiger partial charge in [-0.15, -0.1) is 0 Å². The highest BCUT2D eigenvalue weighted by atomic mass is 32.2. The van der Waals surface area contributed by atoms with Gasteiger partial charge in [0, 0.05) is 25.5 Å². The van der Waals surface area contributed by atoms with Crippen molar-refractivity contribution in [3.05, 3.63) is 78.1 Å². The predicted octanol–water partition coefficient (Wildman–Crippen LogP) is 4.64. The van der Waals surface area contributed by atoms with Gasteiger partial charge >= 0.3 is 0 Å². The molecule has 0 saturated carbocycles. The molecular formula is C27H28N4O4S2. The molecule has 0 aliphatic carbocycles. The van der Waals surface area contributed by atoms with Crippen LogP contribution >= 0.6 is 11.3 Å². The molecule has 192 valence electrons. The zero-order chi connectivity index (χ0) is 26.0. The monoisotopic (exact) mass is 536 g/mol. The number of amides is 1. The van der Waals surface area contributed by atoms with Crippen molar-refractivity contribution in [3.8, 4) is 5.75 Å². The van der Waals surface area contributed by atoms with Crippen LogP contribution in [-0.4, -0.2) is 48.8 Å². The van der Waals surface area contributed by atoms with E-state index < -0.39 is 15.9 Å². The molecule has 10 heteroatoms. The van der Waals surface area contributed by atoms with E-state index in [4.69, 9.17) is 9.72 Å². The van der Waals surface area contributed by atoms with E-state index in [2.05, 4.69) is 4.98 Å². The van der Waals surface area contributed by atoms with Gasteiger partial charge in [0.05, 0.1) is 34.7 Å². The van der Waals surface area contributed by atoms with Gasteiger partial charge in [-0.25, -0.2) is 13.4 Å². The molecule has 3 heterocycles. The Hall–Kier alpha value is -3.34. The average molecular weight is 537 g/mol. The zero-order valence-electron chi connectivity index (χ0n) is 20.7. The minimum atomic E-state index is -3.74. The fraction of sp³-hybridized carbons (Fsp3) is 0.296. The molecule has 4 aromatic rings. The number of aromatic nitrogens is 2. The van der Waals surface area contributed by atoms with Crippen LogP contribution in [0.2, 0.25) is 0 Å². The smallest absolute Gasteiger partial charge is 0.243 e. The van der Waals surface area contributed by atoms with Crippen LogP contribution in [0.1, 0.15) is 24.0 Å². The lowest BCUT2D eigenvalue weighted by atomic mass is 9.98. The number of sulfonamides is 1. The molecule has 0 N–H and O–H groups in total. The molecule has 5 rings (SSSR count). The number of hydrogen-bond donors (Lipinski definition) is 0. The van der Waals surface area contributed by atoms with Crippen LogP contribution in [0.5, 0.6) is 5.75 Å². The Kier molecular flexibility index (Phi) is 7.23. The normalized spacial score (nSPS) is 16.5. The minimum absolute atomic E-state index is 0.126. The molecule has 1 saturated heterocycles. The number of carbonyl (C=O) groups excluding carboxylic acids is 1. The van der Waals surface area contributed by atoms with E-state index in [0.717, 1.165) is 21.3 Å². The Morgan fingerprint density at radius 3 is 2.68 bits per heavy atom. The number of aryl methyl sites for hydroxylation is 1. The summed E-state index contributed by atoms with van der Waals surface area (Å²) in [4.78, 5) is 24.9. The summed E-state index contributed by atoms with van der Waals surface area (Å²) in [5.41, 5.74) is 2.80. The average Bonchev–Trinajstić information content (AvgIpc) is 3.37. The van der Waals surface area contributed by atoms with E-state index in [0.29, 0.717) is 36.8 Å². The third-order valence-corrected chi connectivity index (χ3v) is 9.52. The Morgan fingerprint density at radius 1 is 1.16 bits per heavy atom. The maximum Gasteiger partial charge on any atom is 0.243 e. The second-order valence-electron chi connectivity index (χ2n) is 9.08. The summed E-state index contributed by atoms with van der Waals surface area (Å²) in [5, 5.41) is 0.605. The molecule has 1 aliphatic rings. The Bertz CT molecular complexity index is 1500. The van der Waals surface area contributed by atoms with Crippen molar-refractivity contribution in [2.45, 2.75) is 31.2 Å². The van der Waals surface area contributed by atoms with Gasteiger partial charge in [-0.05, 0) is 67.3 Å². The molecule has 1 atom stereocenters. The maximum absolute atomic E-state index is 14.0. The van der Waals surface area contributed by atoms with E-state index in [-0.39, 0.29) is 17.3 Å². The summed E-state index contributed by atoms with van der Waals surface area (Å²) in [6.07, 6.45) is 4.65. The number of benzene rings is 2. The van der Waals surface area contributed by atoms with Crippen molar-refractivity contribution in [1.29, 1.82) is 0 Å². The van der Waals surface area contributed by atoms with E-state index in [1.807, 2.05) is 37.3 Å². The molecular weight excluding hydrogens is 508 g/mol. The minimum Gasteiger partial charge on any atom is -0.497 e. The number of anilines is 1. The van der Waals surface area contributed by atoms with Gasteiger partial charge in [0.15, 0.2) is 5.13 Å². The van der Waals surface area contributed by atoms with Gasteiger partial charge in [-0.2, -0.15) is 4.31 Å².